The van der Waals surface area contributed by atoms with E-state index in [1.165, 1.54) is 7.11 Å². The van der Waals surface area contributed by atoms with E-state index in [-0.39, 0.29) is 10.7 Å². The number of H-pyrrole nitrogens is 1. The van der Waals surface area contributed by atoms with Gasteiger partial charge in [-0.15, -0.1) is 0 Å². The molecule has 1 aliphatic rings. The Morgan fingerprint density at radius 1 is 1.18 bits per heavy atom. The van der Waals surface area contributed by atoms with E-state index in [1.54, 1.807) is 30.3 Å². The van der Waals surface area contributed by atoms with E-state index in [0.717, 1.165) is 29.5 Å². The van der Waals surface area contributed by atoms with Gasteiger partial charge < -0.3 is 9.72 Å². The fraction of sp³-hybridized carbons (Fsp3) is 0.286. The van der Waals surface area contributed by atoms with Crippen molar-refractivity contribution < 1.29 is 17.9 Å². The van der Waals surface area contributed by atoms with Gasteiger partial charge in [-0.3, -0.25) is 9.52 Å². The van der Waals surface area contributed by atoms with Gasteiger partial charge in [-0.2, -0.15) is 0 Å². The topological polar surface area (TPSA) is 88.3 Å². The van der Waals surface area contributed by atoms with Crippen molar-refractivity contribution in [3.8, 4) is 5.75 Å². The van der Waals surface area contributed by atoms with E-state index in [2.05, 4.69) is 9.71 Å². The number of sulfonamides is 1. The third-order valence-electron chi connectivity index (χ3n) is 5.19. The summed E-state index contributed by atoms with van der Waals surface area (Å²) >= 11 is 0. The first-order valence-electron chi connectivity index (χ1n) is 9.31. The van der Waals surface area contributed by atoms with Crippen LogP contribution in [-0.2, 0) is 22.9 Å². The Bertz CT molecular complexity index is 1180. The van der Waals surface area contributed by atoms with Gasteiger partial charge in [0.1, 0.15) is 5.75 Å². The van der Waals surface area contributed by atoms with Gasteiger partial charge in [0.25, 0.3) is 10.0 Å². The summed E-state index contributed by atoms with van der Waals surface area (Å²) in [6.45, 7) is 1.91. The number of methoxy groups -OCH3 is 1. The second-order valence-corrected chi connectivity index (χ2v) is 8.57. The summed E-state index contributed by atoms with van der Waals surface area (Å²) in [7, 11) is -2.33. The molecule has 4 rings (SSSR count). The number of ether oxygens (including phenoxy) is 1. The first-order valence-corrected chi connectivity index (χ1v) is 10.8. The number of hydrogen-bond acceptors (Lipinski definition) is 4. The van der Waals surface area contributed by atoms with Crippen LogP contribution >= 0.6 is 0 Å². The predicted molar refractivity (Wildman–Crippen MR) is 109 cm³/mol. The minimum Gasteiger partial charge on any atom is -0.495 e. The molecule has 7 heteroatoms. The zero-order valence-corrected chi connectivity index (χ0v) is 16.7. The van der Waals surface area contributed by atoms with Crippen molar-refractivity contribution in [3.05, 3.63) is 53.2 Å². The summed E-state index contributed by atoms with van der Waals surface area (Å²) in [6, 6.07) is 10.4. The maximum Gasteiger partial charge on any atom is 0.262 e. The fourth-order valence-corrected chi connectivity index (χ4v) is 5.22. The number of carbonyl (C=O) groups is 1. The Labute approximate surface area is 164 Å². The molecule has 0 saturated heterocycles. The number of nitrogens with one attached hydrogen (secondary N) is 2. The molecule has 0 atom stereocenters. The second-order valence-electron chi connectivity index (χ2n) is 6.92. The van der Waals surface area contributed by atoms with Crippen LogP contribution in [0.2, 0.25) is 0 Å². The molecule has 2 aromatic carbocycles. The molecule has 0 unspecified atom stereocenters. The van der Waals surface area contributed by atoms with Crippen LogP contribution in [0, 0.1) is 0 Å². The summed E-state index contributed by atoms with van der Waals surface area (Å²) in [6.07, 6.45) is 2.70. The Morgan fingerprint density at radius 2 is 1.96 bits per heavy atom. The molecule has 146 valence electrons. The molecular formula is C21H22N2O4S. The highest BCUT2D eigenvalue weighted by atomic mass is 32.2. The van der Waals surface area contributed by atoms with Crippen LogP contribution in [0.25, 0.3) is 10.9 Å². The zero-order chi connectivity index (χ0) is 19.9. The molecule has 1 aromatic heterocycles. The number of carbonyl (C=O) groups excluding carboxylic acids is 1. The summed E-state index contributed by atoms with van der Waals surface area (Å²) in [5.41, 5.74) is 3.36. The van der Waals surface area contributed by atoms with Crippen LogP contribution < -0.4 is 9.46 Å². The van der Waals surface area contributed by atoms with E-state index in [4.69, 9.17) is 4.74 Å². The quantitative estimate of drug-likeness (QED) is 0.678. The lowest BCUT2D eigenvalue weighted by molar-refractivity contribution is 0.0974. The number of ketones is 1. The standard InChI is InChI=1S/C21H22N2O4S/c1-3-13-11-14-17(22-16-8-6-9-18(24)21(14)16)12-20(13)28(25,26)23-15-7-4-5-10-19(15)27-2/h4-5,7,10-12,22-23H,3,6,8-9H2,1-2H3. The highest BCUT2D eigenvalue weighted by Gasteiger charge is 2.26. The van der Waals surface area contributed by atoms with Crippen molar-refractivity contribution in [2.45, 2.75) is 37.5 Å². The number of aromatic nitrogens is 1. The van der Waals surface area contributed by atoms with Gasteiger partial charge in [-0.05, 0) is 49.1 Å². The van der Waals surface area contributed by atoms with Crippen molar-refractivity contribution in [2.24, 2.45) is 0 Å². The molecule has 0 bridgehead atoms. The predicted octanol–water partition coefficient (Wildman–Crippen LogP) is 4.06. The first-order chi connectivity index (χ1) is 13.4. The molecule has 1 heterocycles. The van der Waals surface area contributed by atoms with E-state index in [1.807, 2.05) is 13.0 Å². The highest BCUT2D eigenvalue weighted by molar-refractivity contribution is 7.92. The van der Waals surface area contributed by atoms with Gasteiger partial charge in [0.2, 0.25) is 0 Å². The number of Topliss-reactive ketones (excluding diaryl/α,β-unsaturated/α-hetero) is 1. The summed E-state index contributed by atoms with van der Waals surface area (Å²) in [4.78, 5) is 15.9. The number of anilines is 1. The van der Waals surface area contributed by atoms with E-state index < -0.39 is 10.0 Å². The largest absolute Gasteiger partial charge is 0.495 e. The van der Waals surface area contributed by atoms with Crippen molar-refractivity contribution in [3.63, 3.8) is 0 Å². The average Bonchev–Trinajstić information content (AvgIpc) is 3.06. The average molecular weight is 398 g/mol. The van der Waals surface area contributed by atoms with Crippen LogP contribution in [0.5, 0.6) is 5.75 Å². The van der Waals surface area contributed by atoms with Crippen molar-refractivity contribution in [1.82, 2.24) is 4.98 Å². The van der Waals surface area contributed by atoms with E-state index in [9.17, 15) is 13.2 Å². The number of benzene rings is 2. The monoisotopic (exact) mass is 398 g/mol. The number of aromatic amines is 1. The molecule has 0 saturated carbocycles. The molecule has 0 fully saturated rings. The summed E-state index contributed by atoms with van der Waals surface area (Å²) in [5.74, 6) is 0.573. The maximum absolute atomic E-state index is 13.2. The summed E-state index contributed by atoms with van der Waals surface area (Å²) in [5, 5.41) is 0.813. The minimum absolute atomic E-state index is 0.123. The van der Waals surface area contributed by atoms with Crippen LogP contribution in [0.1, 0.15) is 41.4 Å². The van der Waals surface area contributed by atoms with Crippen molar-refractivity contribution in [2.75, 3.05) is 11.8 Å². The molecule has 2 N–H and O–H groups in total. The number of hydrogen-bond donors (Lipinski definition) is 2. The molecule has 3 aromatic rings. The SMILES string of the molecule is CCc1cc2c3c([nH]c2cc1S(=O)(=O)Nc1ccccc1OC)CCCC3=O. The lowest BCUT2D eigenvalue weighted by Gasteiger charge is -2.14. The van der Waals surface area contributed by atoms with E-state index >= 15 is 0 Å². The zero-order valence-electron chi connectivity index (χ0n) is 15.8. The molecule has 6 nitrogen and oxygen atoms in total. The molecule has 0 radical (unpaired) electrons. The molecule has 28 heavy (non-hydrogen) atoms. The number of fused-ring (bicyclic) bond motifs is 3. The van der Waals surface area contributed by atoms with Gasteiger partial charge >= 0.3 is 0 Å². The van der Waals surface area contributed by atoms with Crippen molar-refractivity contribution in [1.29, 1.82) is 0 Å². The molecule has 0 spiro atoms. The lowest BCUT2D eigenvalue weighted by Crippen LogP contribution is -2.15. The fourth-order valence-electron chi connectivity index (χ4n) is 3.83. The van der Waals surface area contributed by atoms with E-state index in [0.29, 0.717) is 35.4 Å². The second kappa shape index (κ2) is 6.98. The van der Waals surface area contributed by atoms with Gasteiger partial charge in [0.15, 0.2) is 5.78 Å². The van der Waals surface area contributed by atoms with Gasteiger partial charge in [-0.1, -0.05) is 19.1 Å². The van der Waals surface area contributed by atoms with Gasteiger partial charge in [0, 0.05) is 28.6 Å². The molecular weight excluding hydrogens is 376 g/mol. The van der Waals surface area contributed by atoms with Crippen LogP contribution in [-0.4, -0.2) is 26.3 Å². The van der Waals surface area contributed by atoms with Gasteiger partial charge in [-0.25, -0.2) is 8.42 Å². The Morgan fingerprint density at radius 3 is 2.71 bits per heavy atom. The molecule has 0 amide bonds. The Hall–Kier alpha value is -2.80. The van der Waals surface area contributed by atoms with Gasteiger partial charge in [0.05, 0.1) is 17.7 Å². The Balaban J connectivity index is 1.84. The molecule has 0 aliphatic heterocycles. The smallest absolute Gasteiger partial charge is 0.262 e. The van der Waals surface area contributed by atoms with Crippen LogP contribution in [0.15, 0.2) is 41.3 Å². The van der Waals surface area contributed by atoms with Crippen molar-refractivity contribution >= 4 is 32.4 Å². The molecule has 1 aliphatic carbocycles. The Kier molecular flexibility index (Phi) is 4.63. The van der Waals surface area contributed by atoms with Crippen LogP contribution in [0.4, 0.5) is 5.69 Å². The minimum atomic E-state index is -3.83. The first kappa shape index (κ1) is 18.6. The highest BCUT2D eigenvalue weighted by Crippen LogP contribution is 2.34. The number of rotatable bonds is 5. The summed E-state index contributed by atoms with van der Waals surface area (Å²) < 4.78 is 34.2. The third kappa shape index (κ3) is 3.05. The third-order valence-corrected chi connectivity index (χ3v) is 6.64. The number of aryl methyl sites for hydroxylation is 2. The number of para-hydroxylation sites is 2. The normalized spacial score (nSPS) is 14.1. The maximum atomic E-state index is 13.2. The lowest BCUT2D eigenvalue weighted by atomic mass is 9.94. The van der Waals surface area contributed by atoms with Crippen LogP contribution in [0.3, 0.4) is 0 Å².